The van der Waals surface area contributed by atoms with Crippen LogP contribution in [0.3, 0.4) is 0 Å². The molecule has 2 aromatic rings. The van der Waals surface area contributed by atoms with Crippen molar-refractivity contribution in [2.75, 3.05) is 6.54 Å². The molecule has 0 spiro atoms. The van der Waals surface area contributed by atoms with Crippen molar-refractivity contribution in [3.63, 3.8) is 0 Å². The van der Waals surface area contributed by atoms with Crippen molar-refractivity contribution in [1.82, 2.24) is 5.32 Å². The Bertz CT molecular complexity index is 507. The smallest absolute Gasteiger partial charge is 0.123 e. The number of nitrogens with one attached hydrogen (secondary N) is 1. The Hall–Kier alpha value is -1.67. The average Bonchev–Trinajstić information content (AvgIpc) is 2.49. The predicted octanol–water partition coefficient (Wildman–Crippen LogP) is 4.67. The Morgan fingerprint density at radius 2 is 1.55 bits per heavy atom. The molecule has 0 amide bonds. The maximum absolute atomic E-state index is 13.1. The van der Waals surface area contributed by atoms with E-state index in [1.54, 1.807) is 0 Å². The van der Waals surface area contributed by atoms with Crippen molar-refractivity contribution < 1.29 is 4.39 Å². The summed E-state index contributed by atoms with van der Waals surface area (Å²) in [5.74, 6) is 0.207. The summed E-state index contributed by atoms with van der Waals surface area (Å²) in [4.78, 5) is 0. The highest BCUT2D eigenvalue weighted by molar-refractivity contribution is 5.28. The summed E-state index contributed by atoms with van der Waals surface area (Å²) in [7, 11) is 0. The third-order valence-electron chi connectivity index (χ3n) is 3.72. The summed E-state index contributed by atoms with van der Waals surface area (Å²) in [6, 6.07) is 17.6. The van der Waals surface area contributed by atoms with Crippen LogP contribution in [0.5, 0.6) is 0 Å². The molecule has 20 heavy (non-hydrogen) atoms. The van der Waals surface area contributed by atoms with Gasteiger partial charge in [-0.25, -0.2) is 4.39 Å². The van der Waals surface area contributed by atoms with Crippen LogP contribution in [-0.4, -0.2) is 6.54 Å². The third-order valence-corrected chi connectivity index (χ3v) is 3.72. The molecule has 0 saturated carbocycles. The molecule has 0 aromatic heterocycles. The van der Waals surface area contributed by atoms with Gasteiger partial charge < -0.3 is 5.32 Å². The molecule has 0 aliphatic rings. The molecule has 0 saturated heterocycles. The van der Waals surface area contributed by atoms with E-state index in [4.69, 9.17) is 0 Å². The molecule has 2 atom stereocenters. The SMILES string of the molecule is CCNC(c1ccc(F)cc1)C(CC)c1ccccc1. The number of hydrogen-bond acceptors (Lipinski definition) is 1. The third kappa shape index (κ3) is 3.45. The van der Waals surface area contributed by atoms with E-state index in [0.29, 0.717) is 5.92 Å². The fraction of sp³-hybridized carbons (Fsp3) is 0.333. The van der Waals surface area contributed by atoms with E-state index in [1.165, 1.54) is 17.7 Å². The van der Waals surface area contributed by atoms with Gasteiger partial charge in [0.15, 0.2) is 0 Å². The van der Waals surface area contributed by atoms with Crippen LogP contribution in [0.15, 0.2) is 54.6 Å². The molecule has 1 nitrogen and oxygen atoms in total. The van der Waals surface area contributed by atoms with Crippen molar-refractivity contribution in [3.8, 4) is 0 Å². The molecule has 0 radical (unpaired) electrons. The minimum Gasteiger partial charge on any atom is -0.310 e. The van der Waals surface area contributed by atoms with Crippen molar-refractivity contribution in [2.24, 2.45) is 0 Å². The highest BCUT2D eigenvalue weighted by Gasteiger charge is 2.22. The Balaban J connectivity index is 2.33. The van der Waals surface area contributed by atoms with E-state index in [2.05, 4.69) is 43.4 Å². The minimum absolute atomic E-state index is 0.184. The first kappa shape index (κ1) is 14.7. The van der Waals surface area contributed by atoms with Crippen molar-refractivity contribution >= 4 is 0 Å². The van der Waals surface area contributed by atoms with Crippen LogP contribution in [0.2, 0.25) is 0 Å². The molecule has 0 fully saturated rings. The maximum Gasteiger partial charge on any atom is 0.123 e. The Morgan fingerprint density at radius 3 is 2.10 bits per heavy atom. The van der Waals surface area contributed by atoms with Gasteiger partial charge in [0.25, 0.3) is 0 Å². The quantitative estimate of drug-likeness (QED) is 0.805. The van der Waals surface area contributed by atoms with Gasteiger partial charge in [0.1, 0.15) is 5.82 Å². The molecule has 0 bridgehead atoms. The van der Waals surface area contributed by atoms with Crippen LogP contribution >= 0.6 is 0 Å². The van der Waals surface area contributed by atoms with Gasteiger partial charge in [-0.1, -0.05) is 56.3 Å². The van der Waals surface area contributed by atoms with Crippen molar-refractivity contribution in [3.05, 3.63) is 71.5 Å². The first-order chi connectivity index (χ1) is 9.76. The van der Waals surface area contributed by atoms with E-state index in [0.717, 1.165) is 18.5 Å². The summed E-state index contributed by atoms with van der Waals surface area (Å²) in [6.45, 7) is 5.20. The second kappa shape index (κ2) is 7.20. The summed E-state index contributed by atoms with van der Waals surface area (Å²) >= 11 is 0. The van der Waals surface area contributed by atoms with Gasteiger partial charge in [0.2, 0.25) is 0 Å². The van der Waals surface area contributed by atoms with Crippen molar-refractivity contribution in [2.45, 2.75) is 32.2 Å². The molecule has 0 aliphatic heterocycles. The second-order valence-corrected chi connectivity index (χ2v) is 5.01. The molecule has 2 rings (SSSR count). The second-order valence-electron chi connectivity index (χ2n) is 5.01. The normalized spacial score (nSPS) is 13.9. The molecule has 2 aromatic carbocycles. The van der Waals surface area contributed by atoms with Crippen LogP contribution in [0.1, 0.15) is 43.4 Å². The fourth-order valence-electron chi connectivity index (χ4n) is 2.75. The Morgan fingerprint density at radius 1 is 0.900 bits per heavy atom. The topological polar surface area (TPSA) is 12.0 Å². The number of hydrogen-bond donors (Lipinski definition) is 1. The fourth-order valence-corrected chi connectivity index (χ4v) is 2.75. The average molecular weight is 271 g/mol. The van der Waals surface area contributed by atoms with Crippen LogP contribution < -0.4 is 5.32 Å². The van der Waals surface area contributed by atoms with Gasteiger partial charge in [-0.3, -0.25) is 0 Å². The van der Waals surface area contributed by atoms with Crippen LogP contribution in [0.4, 0.5) is 4.39 Å². The molecule has 1 N–H and O–H groups in total. The van der Waals surface area contributed by atoms with E-state index in [1.807, 2.05) is 18.2 Å². The molecular formula is C18H22FN. The van der Waals surface area contributed by atoms with Crippen LogP contribution in [-0.2, 0) is 0 Å². The largest absolute Gasteiger partial charge is 0.310 e. The predicted molar refractivity (Wildman–Crippen MR) is 82.3 cm³/mol. The zero-order chi connectivity index (χ0) is 14.4. The van der Waals surface area contributed by atoms with Gasteiger partial charge in [0.05, 0.1) is 0 Å². The minimum atomic E-state index is -0.184. The zero-order valence-electron chi connectivity index (χ0n) is 12.1. The lowest BCUT2D eigenvalue weighted by atomic mass is 9.85. The number of halogens is 1. The highest BCUT2D eigenvalue weighted by atomic mass is 19.1. The van der Waals surface area contributed by atoms with Crippen LogP contribution in [0.25, 0.3) is 0 Å². The molecule has 0 heterocycles. The highest BCUT2D eigenvalue weighted by Crippen LogP contribution is 2.33. The zero-order valence-corrected chi connectivity index (χ0v) is 12.1. The standard InChI is InChI=1S/C18H22FN/c1-3-17(14-8-6-5-7-9-14)18(20-4-2)15-10-12-16(19)13-11-15/h5-13,17-18,20H,3-4H2,1-2H3. The van der Waals surface area contributed by atoms with Gasteiger partial charge in [-0.05, 0) is 36.2 Å². The first-order valence-electron chi connectivity index (χ1n) is 7.30. The number of likely N-dealkylation sites (N-methyl/N-ethyl adjacent to an activating group) is 1. The van der Waals surface area contributed by atoms with E-state index in [9.17, 15) is 4.39 Å². The summed E-state index contributed by atoms with van der Waals surface area (Å²) in [5.41, 5.74) is 2.47. The van der Waals surface area contributed by atoms with E-state index < -0.39 is 0 Å². The number of rotatable bonds is 6. The van der Waals surface area contributed by atoms with Gasteiger partial charge in [0, 0.05) is 12.0 Å². The lowest BCUT2D eigenvalue weighted by Gasteiger charge is -2.28. The summed E-state index contributed by atoms with van der Waals surface area (Å²) in [6.07, 6.45) is 1.04. The maximum atomic E-state index is 13.1. The number of benzene rings is 2. The molecule has 2 unspecified atom stereocenters. The lowest BCUT2D eigenvalue weighted by molar-refractivity contribution is 0.445. The van der Waals surface area contributed by atoms with E-state index >= 15 is 0 Å². The molecule has 2 heteroatoms. The van der Waals surface area contributed by atoms with Gasteiger partial charge in [-0.2, -0.15) is 0 Å². The van der Waals surface area contributed by atoms with Crippen molar-refractivity contribution in [1.29, 1.82) is 0 Å². The van der Waals surface area contributed by atoms with Gasteiger partial charge in [-0.15, -0.1) is 0 Å². The molecule has 106 valence electrons. The summed E-state index contributed by atoms with van der Waals surface area (Å²) < 4.78 is 13.1. The molecule has 0 aliphatic carbocycles. The monoisotopic (exact) mass is 271 g/mol. The van der Waals surface area contributed by atoms with Crippen LogP contribution in [0, 0.1) is 5.82 Å². The Kier molecular flexibility index (Phi) is 5.31. The van der Waals surface area contributed by atoms with E-state index in [-0.39, 0.29) is 11.9 Å². The first-order valence-corrected chi connectivity index (χ1v) is 7.30. The summed E-state index contributed by atoms with van der Waals surface area (Å²) in [5, 5.41) is 3.55. The Labute approximate surface area is 120 Å². The molecular weight excluding hydrogens is 249 g/mol. The van der Waals surface area contributed by atoms with Gasteiger partial charge >= 0.3 is 0 Å². The lowest BCUT2D eigenvalue weighted by Crippen LogP contribution is -2.26.